The van der Waals surface area contributed by atoms with Crippen molar-refractivity contribution >= 4 is 27.5 Å². The van der Waals surface area contributed by atoms with E-state index in [1.54, 1.807) is 0 Å². The van der Waals surface area contributed by atoms with Crippen LogP contribution in [-0.4, -0.2) is 9.97 Å². The predicted octanol–water partition coefficient (Wildman–Crippen LogP) is 4.58. The van der Waals surface area contributed by atoms with E-state index < -0.39 is 0 Å². The summed E-state index contributed by atoms with van der Waals surface area (Å²) in [6, 6.07) is 3.93. The average molecular weight is 328 g/mol. The Hall–Kier alpha value is -0.870. The second-order valence-corrected chi connectivity index (χ2v) is 5.91. The quantitative estimate of drug-likeness (QED) is 0.758. The summed E-state index contributed by atoms with van der Waals surface area (Å²) in [6.07, 6.45) is 1.20. The van der Waals surface area contributed by atoms with E-state index in [0.717, 1.165) is 21.8 Å². The molecule has 0 spiro atoms. The zero-order chi connectivity index (χ0) is 12.9. The van der Waals surface area contributed by atoms with Crippen molar-refractivity contribution in [3.8, 4) is 11.6 Å². The maximum atomic E-state index is 6.03. The van der Waals surface area contributed by atoms with Gasteiger partial charge in [0.25, 0.3) is 0 Å². The molecule has 0 aliphatic heterocycles. The maximum Gasteiger partial charge on any atom is 0.197 e. The van der Waals surface area contributed by atoms with Crippen LogP contribution >= 0.6 is 27.5 Å². The number of rotatable bonds is 2. The van der Waals surface area contributed by atoms with E-state index >= 15 is 0 Å². The molecular formula is C13H12BrClN2O. The molecule has 3 nitrogen and oxygen atoms in total. The van der Waals surface area contributed by atoms with Crippen molar-refractivity contribution in [1.29, 1.82) is 0 Å². The number of aromatic nitrogens is 2. The Kier molecular flexibility index (Phi) is 2.94. The molecule has 5 heteroatoms. The molecule has 1 saturated carbocycles. The van der Waals surface area contributed by atoms with Crippen LogP contribution in [0.4, 0.5) is 0 Å². The molecule has 0 N–H and O–H groups in total. The fourth-order valence-corrected chi connectivity index (χ4v) is 2.42. The molecule has 0 bridgehead atoms. The molecule has 2 aromatic rings. The van der Waals surface area contributed by atoms with Gasteiger partial charge in [-0.15, -0.1) is 0 Å². The zero-order valence-electron chi connectivity index (χ0n) is 10.1. The summed E-state index contributed by atoms with van der Waals surface area (Å²) in [6.45, 7) is 4.11. The van der Waals surface area contributed by atoms with Gasteiger partial charge in [0.15, 0.2) is 11.6 Å². The average Bonchev–Trinajstić information content (AvgIpc) is 2.89. The molecule has 2 heterocycles. The topological polar surface area (TPSA) is 38.9 Å². The van der Waals surface area contributed by atoms with E-state index in [4.69, 9.17) is 16.0 Å². The standard InChI is InChI=1S/C13H12BrClN2O/c1-6-5-8(6)9-3-4-10(18-9)13-16-7(2)11(14)12(15)17-13/h3-4,6,8H,5H2,1-2H3. The van der Waals surface area contributed by atoms with Crippen molar-refractivity contribution in [3.63, 3.8) is 0 Å². The summed E-state index contributed by atoms with van der Waals surface area (Å²) in [5.74, 6) is 3.53. The second kappa shape index (κ2) is 4.35. The zero-order valence-corrected chi connectivity index (χ0v) is 12.4. The Labute approximate surface area is 119 Å². The fourth-order valence-electron chi connectivity index (χ4n) is 2.03. The minimum atomic E-state index is 0.412. The highest BCUT2D eigenvalue weighted by atomic mass is 79.9. The number of nitrogens with zero attached hydrogens (tertiary/aromatic N) is 2. The van der Waals surface area contributed by atoms with Gasteiger partial charge in [-0.3, -0.25) is 0 Å². The van der Waals surface area contributed by atoms with E-state index in [1.807, 2.05) is 19.1 Å². The van der Waals surface area contributed by atoms with Crippen LogP contribution in [0.5, 0.6) is 0 Å². The highest BCUT2D eigenvalue weighted by Crippen LogP contribution is 2.47. The molecular weight excluding hydrogens is 316 g/mol. The SMILES string of the molecule is Cc1nc(-c2ccc(C3CC3C)o2)nc(Cl)c1Br. The predicted molar refractivity (Wildman–Crippen MR) is 73.7 cm³/mol. The molecule has 2 unspecified atom stereocenters. The van der Waals surface area contributed by atoms with Gasteiger partial charge in [0.05, 0.1) is 10.2 Å². The van der Waals surface area contributed by atoms with Crippen LogP contribution in [0.25, 0.3) is 11.6 Å². The fraction of sp³-hybridized carbons (Fsp3) is 0.385. The largest absolute Gasteiger partial charge is 0.457 e. The van der Waals surface area contributed by atoms with E-state index in [9.17, 15) is 0 Å². The highest BCUT2D eigenvalue weighted by Gasteiger charge is 2.36. The molecule has 1 fully saturated rings. The lowest BCUT2D eigenvalue weighted by Crippen LogP contribution is -1.93. The van der Waals surface area contributed by atoms with Crippen LogP contribution in [0.1, 0.15) is 30.7 Å². The van der Waals surface area contributed by atoms with Gasteiger partial charge in [0.1, 0.15) is 10.9 Å². The lowest BCUT2D eigenvalue weighted by atomic mass is 10.3. The maximum absolute atomic E-state index is 6.03. The number of halogens is 2. The van der Waals surface area contributed by atoms with Crippen molar-refractivity contribution in [2.24, 2.45) is 5.92 Å². The lowest BCUT2D eigenvalue weighted by Gasteiger charge is -2.02. The number of furan rings is 1. The minimum Gasteiger partial charge on any atom is -0.457 e. The molecule has 3 rings (SSSR count). The first-order chi connectivity index (χ1) is 8.56. The molecule has 0 radical (unpaired) electrons. The Morgan fingerprint density at radius 1 is 1.39 bits per heavy atom. The van der Waals surface area contributed by atoms with Crippen LogP contribution in [0, 0.1) is 12.8 Å². The van der Waals surface area contributed by atoms with Crippen LogP contribution in [0.2, 0.25) is 5.15 Å². The van der Waals surface area contributed by atoms with Crippen LogP contribution in [0.15, 0.2) is 21.0 Å². The monoisotopic (exact) mass is 326 g/mol. The van der Waals surface area contributed by atoms with Crippen molar-refractivity contribution in [2.45, 2.75) is 26.2 Å². The Balaban J connectivity index is 1.97. The summed E-state index contributed by atoms with van der Waals surface area (Å²) in [5, 5.41) is 0.412. The van der Waals surface area contributed by atoms with Gasteiger partial charge in [-0.2, -0.15) is 0 Å². The van der Waals surface area contributed by atoms with E-state index in [1.165, 1.54) is 6.42 Å². The third kappa shape index (κ3) is 2.08. The third-order valence-corrected chi connectivity index (χ3v) is 4.75. The summed E-state index contributed by atoms with van der Waals surface area (Å²) in [5.41, 5.74) is 0.808. The van der Waals surface area contributed by atoms with Crippen molar-refractivity contribution in [2.75, 3.05) is 0 Å². The molecule has 18 heavy (non-hydrogen) atoms. The van der Waals surface area contributed by atoms with Gasteiger partial charge in [-0.25, -0.2) is 9.97 Å². The third-order valence-electron chi connectivity index (χ3n) is 3.30. The first-order valence-corrected chi connectivity index (χ1v) is 7.03. The van der Waals surface area contributed by atoms with E-state index in [-0.39, 0.29) is 0 Å². The highest BCUT2D eigenvalue weighted by molar-refractivity contribution is 9.10. The molecule has 1 aliphatic carbocycles. The molecule has 0 amide bonds. The molecule has 1 aliphatic rings. The summed E-state index contributed by atoms with van der Waals surface area (Å²) in [7, 11) is 0. The van der Waals surface area contributed by atoms with Gasteiger partial charge in [0, 0.05) is 5.92 Å². The van der Waals surface area contributed by atoms with E-state index in [2.05, 4.69) is 32.8 Å². The molecule has 0 aromatic carbocycles. The van der Waals surface area contributed by atoms with Gasteiger partial charge in [0.2, 0.25) is 0 Å². The summed E-state index contributed by atoms with van der Waals surface area (Å²) < 4.78 is 6.55. The molecule has 0 saturated heterocycles. The summed E-state index contributed by atoms with van der Waals surface area (Å²) in [4.78, 5) is 8.61. The molecule has 2 aromatic heterocycles. The second-order valence-electron chi connectivity index (χ2n) is 4.76. The van der Waals surface area contributed by atoms with Crippen molar-refractivity contribution in [3.05, 3.63) is 33.2 Å². The van der Waals surface area contributed by atoms with Gasteiger partial charge in [-0.1, -0.05) is 18.5 Å². The number of hydrogen-bond donors (Lipinski definition) is 0. The molecule has 2 atom stereocenters. The Morgan fingerprint density at radius 3 is 2.72 bits per heavy atom. The van der Waals surface area contributed by atoms with Gasteiger partial charge in [-0.05, 0) is 47.3 Å². The van der Waals surface area contributed by atoms with Crippen molar-refractivity contribution in [1.82, 2.24) is 9.97 Å². The number of aryl methyl sites for hydroxylation is 1. The van der Waals surface area contributed by atoms with Gasteiger partial charge >= 0.3 is 0 Å². The normalized spacial score (nSPS) is 22.2. The number of hydrogen-bond acceptors (Lipinski definition) is 3. The first-order valence-electron chi connectivity index (χ1n) is 5.86. The van der Waals surface area contributed by atoms with Crippen LogP contribution < -0.4 is 0 Å². The Morgan fingerprint density at radius 2 is 2.11 bits per heavy atom. The first kappa shape index (κ1) is 12.2. The summed E-state index contributed by atoms with van der Waals surface area (Å²) >= 11 is 9.38. The van der Waals surface area contributed by atoms with Crippen LogP contribution in [-0.2, 0) is 0 Å². The smallest absolute Gasteiger partial charge is 0.197 e. The van der Waals surface area contributed by atoms with Crippen molar-refractivity contribution < 1.29 is 4.42 Å². The Bertz CT molecular complexity index is 588. The van der Waals surface area contributed by atoms with Crippen LogP contribution in [0.3, 0.4) is 0 Å². The molecule has 94 valence electrons. The lowest BCUT2D eigenvalue weighted by molar-refractivity contribution is 0.514. The minimum absolute atomic E-state index is 0.412. The van der Waals surface area contributed by atoms with Gasteiger partial charge < -0.3 is 4.42 Å². The van der Waals surface area contributed by atoms with E-state index in [0.29, 0.717) is 22.7 Å².